The van der Waals surface area contributed by atoms with Crippen LogP contribution in [0.3, 0.4) is 0 Å². The summed E-state index contributed by atoms with van der Waals surface area (Å²) in [5.41, 5.74) is 2.06. The summed E-state index contributed by atoms with van der Waals surface area (Å²) in [6, 6.07) is 12.2. The molecule has 2 aromatic rings. The Morgan fingerprint density at radius 1 is 1.13 bits per heavy atom. The Morgan fingerprint density at radius 2 is 1.83 bits per heavy atom. The van der Waals surface area contributed by atoms with E-state index in [2.05, 4.69) is 33.1 Å². The Labute approximate surface area is 137 Å². The summed E-state index contributed by atoms with van der Waals surface area (Å²) in [6.45, 7) is 1.99. The van der Waals surface area contributed by atoms with Gasteiger partial charge in [-0.05, 0) is 42.5 Å². The summed E-state index contributed by atoms with van der Waals surface area (Å²) in [5.74, 6) is 2.31. The fourth-order valence-electron chi connectivity index (χ4n) is 3.00. The molecule has 5 nitrogen and oxygen atoms in total. The van der Waals surface area contributed by atoms with Crippen molar-refractivity contribution in [3.8, 4) is 6.07 Å². The molecule has 118 valence electrons. The molecule has 2 heterocycles. The van der Waals surface area contributed by atoms with Gasteiger partial charge in [-0.3, -0.25) is 0 Å². The van der Waals surface area contributed by atoms with E-state index < -0.39 is 0 Å². The van der Waals surface area contributed by atoms with Crippen LogP contribution in [0.5, 0.6) is 0 Å². The van der Waals surface area contributed by atoms with Crippen LogP contribution in [0.15, 0.2) is 36.5 Å². The van der Waals surface area contributed by atoms with Crippen molar-refractivity contribution in [1.29, 1.82) is 5.26 Å². The van der Waals surface area contributed by atoms with Crippen molar-refractivity contribution in [2.45, 2.75) is 18.8 Å². The topological polar surface area (TPSA) is 56.1 Å². The molecule has 0 radical (unpaired) electrons. The highest BCUT2D eigenvalue weighted by atomic mass is 15.3. The number of hydrogen-bond donors (Lipinski definition) is 0. The van der Waals surface area contributed by atoms with Crippen LogP contribution >= 0.6 is 0 Å². The molecule has 1 aromatic heterocycles. The number of aromatic nitrogens is 2. The van der Waals surface area contributed by atoms with E-state index in [4.69, 9.17) is 5.26 Å². The van der Waals surface area contributed by atoms with Crippen LogP contribution in [0.25, 0.3) is 0 Å². The van der Waals surface area contributed by atoms with Crippen molar-refractivity contribution in [2.75, 3.05) is 37.0 Å². The van der Waals surface area contributed by atoms with Crippen LogP contribution in [0, 0.1) is 11.3 Å². The van der Waals surface area contributed by atoms with E-state index in [9.17, 15) is 0 Å². The number of nitriles is 1. The molecule has 0 amide bonds. The zero-order valence-corrected chi connectivity index (χ0v) is 13.6. The molecule has 0 N–H and O–H groups in total. The molecule has 3 rings (SSSR count). The highest BCUT2D eigenvalue weighted by molar-refractivity contribution is 5.44. The summed E-state index contributed by atoms with van der Waals surface area (Å²) in [6.07, 6.45) is 4.03. The van der Waals surface area contributed by atoms with Crippen LogP contribution in [-0.4, -0.2) is 37.2 Å². The fraction of sp³-hybridized carbons (Fsp3) is 0.389. The minimum absolute atomic E-state index is 0.564. The zero-order valence-electron chi connectivity index (χ0n) is 13.6. The van der Waals surface area contributed by atoms with Crippen LogP contribution in [0.2, 0.25) is 0 Å². The Hall–Kier alpha value is -2.61. The van der Waals surface area contributed by atoms with Gasteiger partial charge in [0.05, 0.1) is 11.6 Å². The highest BCUT2D eigenvalue weighted by Gasteiger charge is 2.21. The number of nitrogens with zero attached hydrogens (tertiary/aromatic N) is 5. The van der Waals surface area contributed by atoms with Crippen LogP contribution in [0.4, 0.5) is 11.8 Å². The normalized spacial score (nSPS) is 15.3. The lowest BCUT2D eigenvalue weighted by Gasteiger charge is -2.33. The van der Waals surface area contributed by atoms with E-state index in [1.54, 1.807) is 0 Å². The third-order valence-corrected chi connectivity index (χ3v) is 4.36. The number of anilines is 2. The minimum atomic E-state index is 0.564. The Kier molecular flexibility index (Phi) is 4.42. The van der Waals surface area contributed by atoms with Crippen molar-refractivity contribution in [1.82, 2.24) is 9.97 Å². The molecule has 1 aliphatic rings. The van der Waals surface area contributed by atoms with Gasteiger partial charge in [0.2, 0.25) is 5.95 Å². The van der Waals surface area contributed by atoms with Gasteiger partial charge < -0.3 is 9.80 Å². The maximum atomic E-state index is 8.89. The summed E-state index contributed by atoms with van der Waals surface area (Å²) >= 11 is 0. The molecule has 1 fully saturated rings. The lowest BCUT2D eigenvalue weighted by atomic mass is 9.89. The average molecular weight is 307 g/mol. The molecular formula is C18H21N5. The van der Waals surface area contributed by atoms with E-state index in [0.717, 1.165) is 43.3 Å². The lowest BCUT2D eigenvalue weighted by Crippen LogP contribution is -2.33. The molecular weight excluding hydrogens is 286 g/mol. The standard InChI is InChI=1S/C18H21N5/c1-22(2)18-20-10-7-17(21-18)23-11-8-16(9-12-23)15-5-3-14(13-19)4-6-15/h3-7,10,16H,8-9,11-12H2,1-2H3. The monoisotopic (exact) mass is 307 g/mol. The first-order valence-electron chi connectivity index (χ1n) is 7.93. The maximum Gasteiger partial charge on any atom is 0.226 e. The predicted octanol–water partition coefficient (Wildman–Crippen LogP) is 2.80. The second-order valence-corrected chi connectivity index (χ2v) is 6.10. The quantitative estimate of drug-likeness (QED) is 0.872. The van der Waals surface area contributed by atoms with Gasteiger partial charge in [0.25, 0.3) is 0 Å². The first kappa shape index (κ1) is 15.3. The van der Waals surface area contributed by atoms with Gasteiger partial charge >= 0.3 is 0 Å². The maximum absolute atomic E-state index is 8.89. The average Bonchev–Trinajstić information content (AvgIpc) is 2.62. The molecule has 0 unspecified atom stereocenters. The van der Waals surface area contributed by atoms with E-state index in [1.165, 1.54) is 5.56 Å². The third kappa shape index (κ3) is 3.42. The number of rotatable bonds is 3. The van der Waals surface area contributed by atoms with Crippen molar-refractivity contribution < 1.29 is 0 Å². The zero-order chi connectivity index (χ0) is 16.2. The van der Waals surface area contributed by atoms with Crippen molar-refractivity contribution in [2.24, 2.45) is 0 Å². The molecule has 0 spiro atoms. The lowest BCUT2D eigenvalue weighted by molar-refractivity contribution is 0.502. The van der Waals surface area contributed by atoms with Gasteiger partial charge in [-0.25, -0.2) is 4.98 Å². The van der Waals surface area contributed by atoms with Crippen LogP contribution in [-0.2, 0) is 0 Å². The number of hydrogen-bond acceptors (Lipinski definition) is 5. The van der Waals surface area contributed by atoms with Gasteiger partial charge in [-0.2, -0.15) is 10.2 Å². The summed E-state index contributed by atoms with van der Waals surface area (Å²) in [5, 5.41) is 8.89. The summed E-state index contributed by atoms with van der Waals surface area (Å²) in [4.78, 5) is 13.1. The van der Waals surface area contributed by atoms with E-state index >= 15 is 0 Å². The SMILES string of the molecule is CN(C)c1nccc(N2CCC(c3ccc(C#N)cc3)CC2)n1. The first-order valence-corrected chi connectivity index (χ1v) is 7.93. The summed E-state index contributed by atoms with van der Waals surface area (Å²) in [7, 11) is 3.91. The van der Waals surface area contributed by atoms with Crippen molar-refractivity contribution in [3.05, 3.63) is 47.7 Å². The van der Waals surface area contributed by atoms with Gasteiger partial charge in [0.1, 0.15) is 5.82 Å². The predicted molar refractivity (Wildman–Crippen MR) is 91.7 cm³/mol. The molecule has 23 heavy (non-hydrogen) atoms. The first-order chi connectivity index (χ1) is 11.2. The van der Waals surface area contributed by atoms with Gasteiger partial charge in [0, 0.05) is 33.4 Å². The molecule has 0 bridgehead atoms. The van der Waals surface area contributed by atoms with Gasteiger partial charge in [-0.1, -0.05) is 12.1 Å². The Bertz CT molecular complexity index is 694. The van der Waals surface area contributed by atoms with Crippen LogP contribution in [0.1, 0.15) is 29.9 Å². The Balaban J connectivity index is 1.66. The third-order valence-electron chi connectivity index (χ3n) is 4.36. The summed E-state index contributed by atoms with van der Waals surface area (Å²) < 4.78 is 0. The molecule has 1 aliphatic heterocycles. The molecule has 0 aliphatic carbocycles. The van der Waals surface area contributed by atoms with E-state index in [1.807, 2.05) is 43.4 Å². The van der Waals surface area contributed by atoms with Gasteiger partial charge in [0.15, 0.2) is 0 Å². The number of piperidine rings is 1. The second-order valence-electron chi connectivity index (χ2n) is 6.10. The molecule has 1 saturated heterocycles. The second kappa shape index (κ2) is 6.66. The van der Waals surface area contributed by atoms with Crippen molar-refractivity contribution in [3.63, 3.8) is 0 Å². The van der Waals surface area contributed by atoms with E-state index in [-0.39, 0.29) is 0 Å². The minimum Gasteiger partial charge on any atom is -0.356 e. The molecule has 1 aromatic carbocycles. The fourth-order valence-corrected chi connectivity index (χ4v) is 3.00. The van der Waals surface area contributed by atoms with E-state index in [0.29, 0.717) is 5.92 Å². The molecule has 5 heteroatoms. The van der Waals surface area contributed by atoms with Crippen LogP contribution < -0.4 is 9.80 Å². The van der Waals surface area contributed by atoms with Gasteiger partial charge in [-0.15, -0.1) is 0 Å². The molecule has 0 saturated carbocycles. The highest BCUT2D eigenvalue weighted by Crippen LogP contribution is 2.30. The molecule has 0 atom stereocenters. The number of benzene rings is 1. The largest absolute Gasteiger partial charge is 0.356 e. The smallest absolute Gasteiger partial charge is 0.226 e. The Morgan fingerprint density at radius 3 is 2.43 bits per heavy atom. The van der Waals surface area contributed by atoms with Crippen molar-refractivity contribution >= 4 is 11.8 Å².